The molecule has 6 nitrogen and oxygen atoms in total. The van der Waals surface area contributed by atoms with Gasteiger partial charge in [-0.05, 0) is 48.0 Å². The molecule has 1 amide bonds. The van der Waals surface area contributed by atoms with Gasteiger partial charge >= 0.3 is 5.91 Å². The van der Waals surface area contributed by atoms with Crippen molar-refractivity contribution in [3.8, 4) is 5.75 Å². The molecule has 2 heterocycles. The summed E-state index contributed by atoms with van der Waals surface area (Å²) in [5.74, 6) is -1.31. The Kier molecular flexibility index (Phi) is 5.89. The largest absolute Gasteiger partial charge is 0.507 e. The van der Waals surface area contributed by atoms with Gasteiger partial charge in [0.05, 0.1) is 28.9 Å². The Morgan fingerprint density at radius 2 is 1.88 bits per heavy atom. The van der Waals surface area contributed by atoms with Crippen LogP contribution in [0.25, 0.3) is 16.0 Å². The Bertz CT molecular complexity index is 1480. The van der Waals surface area contributed by atoms with Crippen molar-refractivity contribution in [1.82, 2.24) is 4.98 Å². The van der Waals surface area contributed by atoms with Gasteiger partial charge in [-0.3, -0.25) is 14.5 Å². The molecule has 0 aliphatic carbocycles. The molecule has 1 fully saturated rings. The van der Waals surface area contributed by atoms with Crippen molar-refractivity contribution in [3.05, 3.63) is 92.9 Å². The van der Waals surface area contributed by atoms with Crippen LogP contribution in [0.2, 0.25) is 5.02 Å². The van der Waals surface area contributed by atoms with E-state index in [1.165, 1.54) is 23.3 Å². The maximum atomic E-state index is 13.3. The van der Waals surface area contributed by atoms with E-state index in [1.807, 2.05) is 12.1 Å². The Morgan fingerprint density at radius 3 is 2.62 bits per heavy atom. The minimum atomic E-state index is -0.865. The zero-order valence-corrected chi connectivity index (χ0v) is 20.8. The van der Waals surface area contributed by atoms with Gasteiger partial charge in [-0.15, -0.1) is 0 Å². The number of ketones is 1. The van der Waals surface area contributed by atoms with Crippen LogP contribution >= 0.6 is 38.9 Å². The molecule has 34 heavy (non-hydrogen) atoms. The van der Waals surface area contributed by atoms with Gasteiger partial charge in [0.1, 0.15) is 11.5 Å². The summed E-state index contributed by atoms with van der Waals surface area (Å²) in [6.07, 6.45) is 0. The van der Waals surface area contributed by atoms with Crippen LogP contribution in [-0.4, -0.2) is 28.9 Å². The summed E-state index contributed by atoms with van der Waals surface area (Å²) in [4.78, 5) is 32.5. The minimum Gasteiger partial charge on any atom is -0.507 e. The predicted octanol–water partition coefficient (Wildman–Crippen LogP) is 6.35. The highest BCUT2D eigenvalue weighted by atomic mass is 79.9. The molecule has 1 N–H and O–H groups in total. The summed E-state index contributed by atoms with van der Waals surface area (Å²) in [5, 5.41) is 12.1. The van der Waals surface area contributed by atoms with Crippen LogP contribution in [0.5, 0.6) is 5.75 Å². The number of nitrogens with zero attached hydrogens (tertiary/aromatic N) is 2. The number of fused-ring (bicyclic) bond motifs is 1. The van der Waals surface area contributed by atoms with Crippen molar-refractivity contribution >= 4 is 71.7 Å². The van der Waals surface area contributed by atoms with E-state index in [2.05, 4.69) is 20.9 Å². The fraction of sp³-hybridized carbons (Fsp3) is 0.0800. The highest BCUT2D eigenvalue weighted by molar-refractivity contribution is 9.10. The first-order valence-corrected chi connectivity index (χ1v) is 12.1. The number of aliphatic hydroxyl groups excluding tert-OH is 1. The van der Waals surface area contributed by atoms with E-state index in [4.69, 9.17) is 16.3 Å². The number of aliphatic hydroxyl groups is 1. The number of methoxy groups -OCH3 is 1. The third-order valence-corrected chi connectivity index (χ3v) is 7.30. The first-order chi connectivity index (χ1) is 16.4. The number of hydrogen-bond donors (Lipinski definition) is 1. The molecule has 0 saturated carbocycles. The Labute approximate surface area is 212 Å². The van der Waals surface area contributed by atoms with Gasteiger partial charge in [0, 0.05) is 15.1 Å². The molecule has 1 atom stereocenters. The van der Waals surface area contributed by atoms with E-state index in [0.29, 0.717) is 32.5 Å². The summed E-state index contributed by atoms with van der Waals surface area (Å²) in [7, 11) is 1.51. The zero-order valence-electron chi connectivity index (χ0n) is 17.7. The number of amides is 1. The zero-order chi connectivity index (χ0) is 24.0. The van der Waals surface area contributed by atoms with Gasteiger partial charge in [0.2, 0.25) is 0 Å². The number of rotatable bonds is 4. The van der Waals surface area contributed by atoms with Crippen molar-refractivity contribution in [1.29, 1.82) is 0 Å². The molecule has 1 saturated heterocycles. The normalized spacial score (nSPS) is 17.5. The topological polar surface area (TPSA) is 79.7 Å². The predicted molar refractivity (Wildman–Crippen MR) is 137 cm³/mol. The average molecular weight is 556 g/mol. The molecule has 1 aromatic heterocycles. The number of carbonyl (C=O) groups excluding carboxylic acids is 2. The van der Waals surface area contributed by atoms with Gasteiger partial charge in [-0.25, -0.2) is 4.98 Å². The highest BCUT2D eigenvalue weighted by Gasteiger charge is 2.48. The SMILES string of the molecule is COc1cccc(C(O)=C2C(=O)C(=O)N(c3nc4ccc(Cl)cc4s3)C2c2ccc(Br)cc2)c1. The van der Waals surface area contributed by atoms with Crippen LogP contribution < -0.4 is 9.64 Å². The molecule has 170 valence electrons. The second-order valence-electron chi connectivity index (χ2n) is 7.56. The lowest BCUT2D eigenvalue weighted by Crippen LogP contribution is -2.29. The molecule has 1 aliphatic rings. The Morgan fingerprint density at radius 1 is 1.12 bits per heavy atom. The van der Waals surface area contributed by atoms with Crippen LogP contribution in [-0.2, 0) is 9.59 Å². The lowest BCUT2D eigenvalue weighted by molar-refractivity contribution is -0.132. The number of Topliss-reactive ketones (excluding diaryl/α,β-unsaturated/α-hetero) is 1. The molecule has 9 heteroatoms. The van der Waals surface area contributed by atoms with Crippen LogP contribution in [0, 0.1) is 0 Å². The minimum absolute atomic E-state index is 0.0159. The van der Waals surface area contributed by atoms with Crippen LogP contribution in [0.3, 0.4) is 0 Å². The smallest absolute Gasteiger partial charge is 0.301 e. The van der Waals surface area contributed by atoms with Gasteiger partial charge in [-0.1, -0.05) is 63.1 Å². The van der Waals surface area contributed by atoms with E-state index in [0.717, 1.165) is 9.17 Å². The molecule has 1 aliphatic heterocycles. The fourth-order valence-electron chi connectivity index (χ4n) is 3.91. The summed E-state index contributed by atoms with van der Waals surface area (Å²) in [6, 6.07) is 18.3. The monoisotopic (exact) mass is 554 g/mol. The number of aromatic nitrogens is 1. The summed E-state index contributed by atoms with van der Waals surface area (Å²) in [6.45, 7) is 0. The quantitative estimate of drug-likeness (QED) is 0.180. The molecule has 1 unspecified atom stereocenters. The second kappa shape index (κ2) is 8.87. The lowest BCUT2D eigenvalue weighted by atomic mass is 9.95. The van der Waals surface area contributed by atoms with E-state index >= 15 is 0 Å². The third kappa shape index (κ3) is 3.87. The number of ether oxygens (including phenoxy) is 1. The molecular weight excluding hydrogens is 540 g/mol. The third-order valence-electron chi connectivity index (χ3n) is 5.52. The maximum Gasteiger partial charge on any atom is 0.301 e. The number of halogens is 2. The first-order valence-electron chi connectivity index (χ1n) is 10.1. The molecule has 0 bridgehead atoms. The first kappa shape index (κ1) is 22.6. The van der Waals surface area contributed by atoms with E-state index in [1.54, 1.807) is 54.6 Å². The molecule has 0 spiro atoms. The van der Waals surface area contributed by atoms with Gasteiger partial charge in [0.25, 0.3) is 5.78 Å². The van der Waals surface area contributed by atoms with Crippen LogP contribution in [0.15, 0.2) is 76.8 Å². The van der Waals surface area contributed by atoms with Crippen molar-refractivity contribution in [2.24, 2.45) is 0 Å². The number of hydrogen-bond acceptors (Lipinski definition) is 6. The number of carbonyl (C=O) groups is 2. The van der Waals surface area contributed by atoms with Crippen molar-refractivity contribution in [2.75, 3.05) is 12.0 Å². The van der Waals surface area contributed by atoms with Crippen molar-refractivity contribution in [2.45, 2.75) is 6.04 Å². The summed E-state index contributed by atoms with van der Waals surface area (Å²) in [5.41, 5.74) is 1.67. The lowest BCUT2D eigenvalue weighted by Gasteiger charge is -2.23. The standard InChI is InChI=1S/C25H16BrClN2O4S/c1-33-17-4-2-3-14(11-17)22(30)20-21(13-5-7-15(26)8-6-13)29(24(32)23(20)31)25-28-18-10-9-16(27)12-19(18)34-25/h2-12,21,30H,1H3. The van der Waals surface area contributed by atoms with Crippen molar-refractivity contribution < 1.29 is 19.4 Å². The molecule has 3 aromatic carbocycles. The second-order valence-corrected chi connectivity index (χ2v) is 9.92. The van der Waals surface area contributed by atoms with E-state index in [-0.39, 0.29) is 11.3 Å². The number of benzene rings is 3. The highest BCUT2D eigenvalue weighted by Crippen LogP contribution is 2.44. The average Bonchev–Trinajstić information content (AvgIpc) is 3.37. The molecule has 5 rings (SSSR count). The Hall–Kier alpha value is -3.20. The van der Waals surface area contributed by atoms with Crippen LogP contribution in [0.1, 0.15) is 17.2 Å². The van der Waals surface area contributed by atoms with Gasteiger partial charge in [0.15, 0.2) is 5.13 Å². The molecular formula is C25H16BrClN2O4S. The van der Waals surface area contributed by atoms with Gasteiger partial charge in [-0.2, -0.15) is 0 Å². The van der Waals surface area contributed by atoms with Gasteiger partial charge < -0.3 is 9.84 Å². The molecule has 0 radical (unpaired) electrons. The Balaban J connectivity index is 1.73. The fourth-order valence-corrected chi connectivity index (χ4v) is 5.44. The van der Waals surface area contributed by atoms with Crippen molar-refractivity contribution in [3.63, 3.8) is 0 Å². The maximum absolute atomic E-state index is 13.3. The summed E-state index contributed by atoms with van der Waals surface area (Å²) >= 11 is 10.8. The number of anilines is 1. The van der Waals surface area contributed by atoms with Crippen LogP contribution in [0.4, 0.5) is 5.13 Å². The summed E-state index contributed by atoms with van der Waals surface area (Å²) < 4.78 is 6.88. The van der Waals surface area contributed by atoms with E-state index in [9.17, 15) is 14.7 Å². The number of thiazole rings is 1. The van der Waals surface area contributed by atoms with E-state index < -0.39 is 17.7 Å². The molecule has 4 aromatic rings.